The Bertz CT molecular complexity index is 394. The fraction of sp³-hybridized carbons (Fsp3) is 0.647. The number of ether oxygens (including phenoxy) is 1. The zero-order valence-corrected chi connectivity index (χ0v) is 13.2. The molecule has 3 atom stereocenters. The highest BCUT2D eigenvalue weighted by Crippen LogP contribution is 2.27. The molecule has 1 N–H and O–H groups in total. The number of benzene rings is 1. The molecule has 0 spiro atoms. The molecular weight excluding hydrogens is 248 g/mol. The van der Waals surface area contributed by atoms with Crippen molar-refractivity contribution in [1.82, 2.24) is 0 Å². The summed E-state index contributed by atoms with van der Waals surface area (Å²) in [7, 11) is 1.74. The first-order valence-electron chi connectivity index (χ1n) is 7.70. The van der Waals surface area contributed by atoms with Crippen molar-refractivity contribution in [3.05, 3.63) is 24.3 Å². The van der Waals surface area contributed by atoms with Gasteiger partial charge in [-0.3, -0.25) is 0 Å². The van der Waals surface area contributed by atoms with Gasteiger partial charge in [-0.25, -0.2) is 0 Å². The third-order valence-corrected chi connectivity index (χ3v) is 4.10. The van der Waals surface area contributed by atoms with Crippen LogP contribution in [0, 0.1) is 11.8 Å². The van der Waals surface area contributed by atoms with Crippen LogP contribution in [0.1, 0.15) is 27.2 Å². The molecule has 1 fully saturated rings. The summed E-state index contributed by atoms with van der Waals surface area (Å²) >= 11 is 0. The minimum absolute atomic E-state index is 0.235. The monoisotopic (exact) mass is 276 g/mol. The highest BCUT2D eigenvalue weighted by Gasteiger charge is 2.21. The minimum atomic E-state index is 0.235. The Morgan fingerprint density at radius 1 is 1.20 bits per heavy atom. The molecule has 3 nitrogen and oxygen atoms in total. The van der Waals surface area contributed by atoms with Gasteiger partial charge in [-0.05, 0) is 49.4 Å². The molecule has 1 saturated heterocycles. The Kier molecular flexibility index (Phi) is 5.30. The van der Waals surface area contributed by atoms with Crippen LogP contribution in [0.4, 0.5) is 11.4 Å². The van der Waals surface area contributed by atoms with Crippen molar-refractivity contribution in [3.63, 3.8) is 0 Å². The van der Waals surface area contributed by atoms with E-state index in [9.17, 15) is 0 Å². The lowest BCUT2D eigenvalue weighted by atomic mass is 9.91. The maximum atomic E-state index is 5.24. The first-order chi connectivity index (χ1) is 9.58. The number of nitrogens with zero attached hydrogens (tertiary/aromatic N) is 1. The summed E-state index contributed by atoms with van der Waals surface area (Å²) in [5.74, 6) is 1.58. The molecule has 0 radical (unpaired) electrons. The number of hydrogen-bond donors (Lipinski definition) is 1. The molecule has 2 rings (SSSR count). The molecule has 1 heterocycles. The molecule has 1 aliphatic rings. The molecule has 1 aromatic carbocycles. The second-order valence-electron chi connectivity index (χ2n) is 6.33. The van der Waals surface area contributed by atoms with E-state index >= 15 is 0 Å². The van der Waals surface area contributed by atoms with E-state index in [1.807, 2.05) is 0 Å². The predicted molar refractivity (Wildman–Crippen MR) is 86.6 cm³/mol. The summed E-state index contributed by atoms with van der Waals surface area (Å²) in [5, 5.41) is 3.40. The molecule has 0 aromatic heterocycles. The summed E-state index contributed by atoms with van der Waals surface area (Å²) in [5.41, 5.74) is 2.50. The zero-order valence-electron chi connectivity index (χ0n) is 13.2. The second-order valence-corrected chi connectivity index (χ2v) is 6.33. The molecule has 0 saturated carbocycles. The molecule has 0 aliphatic carbocycles. The summed E-state index contributed by atoms with van der Waals surface area (Å²) in [6.45, 7) is 9.97. The molecule has 20 heavy (non-hydrogen) atoms. The quantitative estimate of drug-likeness (QED) is 0.889. The van der Waals surface area contributed by atoms with Crippen LogP contribution in [0.2, 0.25) is 0 Å². The van der Waals surface area contributed by atoms with E-state index in [0.717, 1.165) is 24.1 Å². The van der Waals surface area contributed by atoms with E-state index < -0.39 is 0 Å². The highest BCUT2D eigenvalue weighted by atomic mass is 16.5. The Balaban J connectivity index is 1.94. The number of anilines is 2. The van der Waals surface area contributed by atoms with Crippen LogP contribution in [0.25, 0.3) is 0 Å². The normalized spacial score (nSPS) is 24.5. The van der Waals surface area contributed by atoms with Gasteiger partial charge in [0.05, 0.1) is 6.10 Å². The van der Waals surface area contributed by atoms with Gasteiger partial charge in [0.25, 0.3) is 0 Å². The van der Waals surface area contributed by atoms with E-state index in [-0.39, 0.29) is 6.10 Å². The van der Waals surface area contributed by atoms with E-state index in [2.05, 4.69) is 55.3 Å². The standard InChI is InChI=1S/C17H28N2O/c1-13-9-14(2)12-19(11-13)17-7-5-16(6-8-17)18-10-15(3)20-4/h5-8,13-15,18H,9-12H2,1-4H3/t13-,14-,15?/m1/s1. The van der Waals surface area contributed by atoms with Crippen LogP contribution in [0.15, 0.2) is 24.3 Å². The Hall–Kier alpha value is -1.22. The molecular formula is C17H28N2O. The van der Waals surface area contributed by atoms with Crippen molar-refractivity contribution in [2.45, 2.75) is 33.3 Å². The lowest BCUT2D eigenvalue weighted by Crippen LogP contribution is -2.38. The summed E-state index contributed by atoms with van der Waals surface area (Å²) in [4.78, 5) is 2.51. The van der Waals surface area contributed by atoms with Crippen LogP contribution in [0.3, 0.4) is 0 Å². The average Bonchev–Trinajstić information content (AvgIpc) is 2.44. The third-order valence-electron chi connectivity index (χ3n) is 4.10. The number of rotatable bonds is 5. The van der Waals surface area contributed by atoms with Gasteiger partial charge in [-0.2, -0.15) is 0 Å². The van der Waals surface area contributed by atoms with E-state index in [4.69, 9.17) is 4.74 Å². The van der Waals surface area contributed by atoms with Crippen molar-refractivity contribution < 1.29 is 4.74 Å². The van der Waals surface area contributed by atoms with Crippen LogP contribution in [-0.4, -0.2) is 32.8 Å². The average molecular weight is 276 g/mol. The van der Waals surface area contributed by atoms with Crippen LogP contribution in [-0.2, 0) is 4.74 Å². The minimum Gasteiger partial charge on any atom is -0.382 e. The molecule has 3 heteroatoms. The van der Waals surface area contributed by atoms with Crippen molar-refractivity contribution >= 4 is 11.4 Å². The van der Waals surface area contributed by atoms with E-state index in [1.165, 1.54) is 25.2 Å². The van der Waals surface area contributed by atoms with E-state index in [0.29, 0.717) is 0 Å². The fourth-order valence-electron chi connectivity index (χ4n) is 3.01. The number of piperidine rings is 1. The molecule has 112 valence electrons. The number of nitrogens with one attached hydrogen (secondary N) is 1. The molecule has 0 bridgehead atoms. The van der Waals surface area contributed by atoms with Crippen LogP contribution < -0.4 is 10.2 Å². The smallest absolute Gasteiger partial charge is 0.0715 e. The first kappa shape index (κ1) is 15.2. The van der Waals surface area contributed by atoms with Gasteiger partial charge in [0.2, 0.25) is 0 Å². The van der Waals surface area contributed by atoms with Crippen molar-refractivity contribution in [2.24, 2.45) is 11.8 Å². The van der Waals surface area contributed by atoms with Gasteiger partial charge >= 0.3 is 0 Å². The summed E-state index contributed by atoms with van der Waals surface area (Å²) < 4.78 is 5.24. The topological polar surface area (TPSA) is 24.5 Å². The molecule has 1 aliphatic heterocycles. The predicted octanol–water partition coefficient (Wildman–Crippen LogP) is 3.62. The van der Waals surface area contributed by atoms with E-state index in [1.54, 1.807) is 7.11 Å². The Labute approximate surface area is 123 Å². The van der Waals surface area contributed by atoms with Gasteiger partial charge in [0.15, 0.2) is 0 Å². The van der Waals surface area contributed by atoms with Gasteiger partial charge in [-0.1, -0.05) is 13.8 Å². The van der Waals surface area contributed by atoms with Crippen molar-refractivity contribution in [3.8, 4) is 0 Å². The third kappa shape index (κ3) is 4.14. The van der Waals surface area contributed by atoms with Gasteiger partial charge < -0.3 is 15.0 Å². The fourth-order valence-corrected chi connectivity index (χ4v) is 3.01. The maximum absolute atomic E-state index is 5.24. The summed E-state index contributed by atoms with van der Waals surface area (Å²) in [6.07, 6.45) is 1.59. The SMILES string of the molecule is COC(C)CNc1ccc(N2C[C@H](C)C[C@@H](C)C2)cc1. The zero-order chi connectivity index (χ0) is 14.5. The lowest BCUT2D eigenvalue weighted by Gasteiger charge is -2.36. The molecule has 1 unspecified atom stereocenters. The second kappa shape index (κ2) is 6.98. The van der Waals surface area contributed by atoms with Crippen molar-refractivity contribution in [2.75, 3.05) is 37.0 Å². The first-order valence-corrected chi connectivity index (χ1v) is 7.70. The molecule has 0 amide bonds. The highest BCUT2D eigenvalue weighted by molar-refractivity contribution is 5.55. The van der Waals surface area contributed by atoms with Gasteiger partial charge in [0, 0.05) is 38.1 Å². The Morgan fingerprint density at radius 2 is 1.80 bits per heavy atom. The maximum Gasteiger partial charge on any atom is 0.0715 e. The Morgan fingerprint density at radius 3 is 2.35 bits per heavy atom. The van der Waals surface area contributed by atoms with Gasteiger partial charge in [-0.15, -0.1) is 0 Å². The van der Waals surface area contributed by atoms with Crippen molar-refractivity contribution in [1.29, 1.82) is 0 Å². The molecule has 1 aromatic rings. The number of hydrogen-bond acceptors (Lipinski definition) is 3. The van der Waals surface area contributed by atoms with Gasteiger partial charge in [0.1, 0.15) is 0 Å². The largest absolute Gasteiger partial charge is 0.382 e. The van der Waals surface area contributed by atoms with Crippen LogP contribution in [0.5, 0.6) is 0 Å². The number of methoxy groups -OCH3 is 1. The van der Waals surface area contributed by atoms with Crippen LogP contribution >= 0.6 is 0 Å². The summed E-state index contributed by atoms with van der Waals surface area (Å²) in [6, 6.07) is 8.79. The lowest BCUT2D eigenvalue weighted by molar-refractivity contribution is 0.129.